The van der Waals surface area contributed by atoms with Gasteiger partial charge < -0.3 is 0 Å². The molecule has 0 heterocycles. The highest BCUT2D eigenvalue weighted by Gasteiger charge is 2.25. The Kier molecular flexibility index (Phi) is 3.26. The van der Waals surface area contributed by atoms with Gasteiger partial charge in [-0.2, -0.15) is 5.26 Å². The first kappa shape index (κ1) is 11.2. The van der Waals surface area contributed by atoms with Crippen molar-refractivity contribution in [2.24, 2.45) is 0 Å². The van der Waals surface area contributed by atoms with Gasteiger partial charge in [0, 0.05) is 6.04 Å². The topological polar surface area (TPSA) is 35.8 Å². The predicted molar refractivity (Wildman–Crippen MR) is 65.0 cm³/mol. The van der Waals surface area contributed by atoms with Gasteiger partial charge in [-0.3, -0.25) is 5.32 Å². The minimum atomic E-state index is -0.145. The highest BCUT2D eigenvalue weighted by atomic mass is 15.0. The lowest BCUT2D eigenvalue weighted by atomic mass is 9.99. The van der Waals surface area contributed by atoms with Gasteiger partial charge in [-0.25, -0.2) is 0 Å². The van der Waals surface area contributed by atoms with Crippen LogP contribution in [-0.4, -0.2) is 6.04 Å². The molecule has 1 fully saturated rings. The molecular formula is C14H18N2. The summed E-state index contributed by atoms with van der Waals surface area (Å²) < 4.78 is 0. The van der Waals surface area contributed by atoms with Gasteiger partial charge in [0.05, 0.1) is 6.07 Å². The third kappa shape index (κ3) is 2.62. The normalized spacial score (nSPS) is 17.1. The van der Waals surface area contributed by atoms with E-state index in [0.29, 0.717) is 12.0 Å². The Morgan fingerprint density at radius 3 is 2.19 bits per heavy atom. The van der Waals surface area contributed by atoms with Gasteiger partial charge in [0.15, 0.2) is 0 Å². The number of benzene rings is 1. The van der Waals surface area contributed by atoms with Crippen LogP contribution in [-0.2, 0) is 0 Å². The van der Waals surface area contributed by atoms with Crippen molar-refractivity contribution < 1.29 is 0 Å². The molecule has 1 aromatic rings. The quantitative estimate of drug-likeness (QED) is 0.835. The molecule has 0 bridgehead atoms. The lowest BCUT2D eigenvalue weighted by Crippen LogP contribution is -2.21. The summed E-state index contributed by atoms with van der Waals surface area (Å²) in [4.78, 5) is 0. The predicted octanol–water partition coefficient (Wildman–Crippen LogP) is 3.13. The number of hydrogen-bond donors (Lipinski definition) is 1. The summed E-state index contributed by atoms with van der Waals surface area (Å²) in [6.45, 7) is 4.36. The van der Waals surface area contributed by atoms with E-state index in [9.17, 15) is 0 Å². The molecule has 1 aromatic carbocycles. The lowest BCUT2D eigenvalue weighted by molar-refractivity contribution is 0.625. The summed E-state index contributed by atoms with van der Waals surface area (Å²) in [7, 11) is 0. The first-order chi connectivity index (χ1) is 7.70. The van der Waals surface area contributed by atoms with Crippen LogP contribution in [0.4, 0.5) is 0 Å². The first-order valence-corrected chi connectivity index (χ1v) is 5.96. The van der Waals surface area contributed by atoms with Crippen molar-refractivity contribution in [3.8, 4) is 6.07 Å². The Morgan fingerprint density at radius 1 is 1.19 bits per heavy atom. The van der Waals surface area contributed by atoms with Crippen LogP contribution in [0.25, 0.3) is 0 Å². The Morgan fingerprint density at radius 2 is 1.75 bits per heavy atom. The van der Waals surface area contributed by atoms with Gasteiger partial charge in [0.25, 0.3) is 0 Å². The van der Waals surface area contributed by atoms with Gasteiger partial charge in [0.2, 0.25) is 0 Å². The second-order valence-corrected chi connectivity index (χ2v) is 4.82. The number of hydrogen-bond acceptors (Lipinski definition) is 2. The zero-order chi connectivity index (χ0) is 11.5. The fourth-order valence-electron chi connectivity index (χ4n) is 1.77. The van der Waals surface area contributed by atoms with Crippen LogP contribution in [0.15, 0.2) is 24.3 Å². The van der Waals surface area contributed by atoms with E-state index in [2.05, 4.69) is 49.5 Å². The van der Waals surface area contributed by atoms with Crippen molar-refractivity contribution in [2.45, 2.75) is 44.7 Å². The van der Waals surface area contributed by atoms with Crippen LogP contribution >= 0.6 is 0 Å². The molecule has 0 saturated heterocycles. The monoisotopic (exact) mass is 214 g/mol. The van der Waals surface area contributed by atoms with E-state index in [1.807, 2.05) is 0 Å². The smallest absolute Gasteiger partial charge is 0.121 e. The van der Waals surface area contributed by atoms with Crippen molar-refractivity contribution in [2.75, 3.05) is 0 Å². The summed E-state index contributed by atoms with van der Waals surface area (Å²) in [6.07, 6.45) is 2.42. The molecule has 2 rings (SSSR count). The van der Waals surface area contributed by atoms with Crippen LogP contribution in [0.1, 0.15) is 49.8 Å². The molecule has 1 atom stereocenters. The van der Waals surface area contributed by atoms with E-state index in [4.69, 9.17) is 5.26 Å². The summed E-state index contributed by atoms with van der Waals surface area (Å²) in [5.41, 5.74) is 2.41. The van der Waals surface area contributed by atoms with Crippen LogP contribution < -0.4 is 5.32 Å². The van der Waals surface area contributed by atoms with E-state index >= 15 is 0 Å². The van der Waals surface area contributed by atoms with Gasteiger partial charge in [-0.15, -0.1) is 0 Å². The molecule has 1 aliphatic rings. The van der Waals surface area contributed by atoms with Crippen molar-refractivity contribution in [1.29, 1.82) is 5.26 Å². The molecule has 2 nitrogen and oxygen atoms in total. The molecule has 2 heteroatoms. The Hall–Kier alpha value is -1.33. The van der Waals surface area contributed by atoms with Gasteiger partial charge in [-0.05, 0) is 29.9 Å². The van der Waals surface area contributed by atoms with Crippen molar-refractivity contribution in [1.82, 2.24) is 5.32 Å². The highest BCUT2D eigenvalue weighted by molar-refractivity contribution is 5.29. The van der Waals surface area contributed by atoms with E-state index in [0.717, 1.165) is 5.56 Å². The minimum absolute atomic E-state index is 0.145. The molecular weight excluding hydrogens is 196 g/mol. The van der Waals surface area contributed by atoms with Gasteiger partial charge >= 0.3 is 0 Å². The third-order valence-corrected chi connectivity index (χ3v) is 3.05. The minimum Gasteiger partial charge on any atom is -0.295 e. The number of nitrogens with zero attached hydrogens (tertiary/aromatic N) is 1. The molecule has 0 spiro atoms. The average Bonchev–Trinajstić information content (AvgIpc) is 3.10. The first-order valence-electron chi connectivity index (χ1n) is 5.96. The van der Waals surface area contributed by atoms with Crippen molar-refractivity contribution in [3.05, 3.63) is 35.4 Å². The summed E-state index contributed by atoms with van der Waals surface area (Å²) in [5, 5.41) is 12.5. The zero-order valence-electron chi connectivity index (χ0n) is 9.90. The molecule has 1 unspecified atom stereocenters. The Labute approximate surface area is 97.3 Å². The van der Waals surface area contributed by atoms with E-state index in [-0.39, 0.29) is 6.04 Å². The number of nitrogens with one attached hydrogen (secondary N) is 1. The molecule has 0 radical (unpaired) electrons. The second kappa shape index (κ2) is 4.67. The molecule has 84 valence electrons. The van der Waals surface area contributed by atoms with Crippen molar-refractivity contribution >= 4 is 0 Å². The summed E-state index contributed by atoms with van der Waals surface area (Å²) in [6, 6.07) is 11.1. The van der Waals surface area contributed by atoms with Crippen molar-refractivity contribution in [3.63, 3.8) is 0 Å². The van der Waals surface area contributed by atoms with Crippen LogP contribution in [0, 0.1) is 11.3 Å². The van der Waals surface area contributed by atoms with E-state index < -0.39 is 0 Å². The molecule has 0 aromatic heterocycles. The Balaban J connectivity index is 2.09. The molecule has 16 heavy (non-hydrogen) atoms. The number of nitriles is 1. The average molecular weight is 214 g/mol. The van der Waals surface area contributed by atoms with E-state index in [1.54, 1.807) is 0 Å². The lowest BCUT2D eigenvalue weighted by Gasteiger charge is -2.12. The molecule has 1 aliphatic carbocycles. The third-order valence-electron chi connectivity index (χ3n) is 3.05. The summed E-state index contributed by atoms with van der Waals surface area (Å²) in [5.74, 6) is 0.547. The van der Waals surface area contributed by atoms with Crippen LogP contribution in [0.3, 0.4) is 0 Å². The standard InChI is InChI=1S/C14H18N2/c1-10(2)11-3-5-12(6-4-11)14(9-15)16-13-7-8-13/h3-6,10,13-14,16H,7-8H2,1-2H3. The molecule has 0 aliphatic heterocycles. The fraction of sp³-hybridized carbons (Fsp3) is 0.500. The zero-order valence-corrected chi connectivity index (χ0v) is 9.90. The van der Waals surface area contributed by atoms with Crippen LogP contribution in [0.2, 0.25) is 0 Å². The molecule has 1 N–H and O–H groups in total. The van der Waals surface area contributed by atoms with Crippen LogP contribution in [0.5, 0.6) is 0 Å². The van der Waals surface area contributed by atoms with E-state index in [1.165, 1.54) is 18.4 Å². The second-order valence-electron chi connectivity index (χ2n) is 4.82. The maximum atomic E-state index is 9.12. The Bertz CT molecular complexity index is 382. The SMILES string of the molecule is CC(C)c1ccc(C(C#N)NC2CC2)cc1. The summed E-state index contributed by atoms with van der Waals surface area (Å²) >= 11 is 0. The van der Waals surface area contributed by atoms with Gasteiger partial charge in [0.1, 0.15) is 6.04 Å². The maximum absolute atomic E-state index is 9.12. The van der Waals surface area contributed by atoms with Gasteiger partial charge in [-0.1, -0.05) is 38.1 Å². The molecule has 0 amide bonds. The molecule has 1 saturated carbocycles. The highest BCUT2D eigenvalue weighted by Crippen LogP contribution is 2.24. The fourth-order valence-corrected chi connectivity index (χ4v) is 1.77. The largest absolute Gasteiger partial charge is 0.295 e. The number of rotatable bonds is 4. The maximum Gasteiger partial charge on any atom is 0.121 e.